The van der Waals surface area contributed by atoms with E-state index in [1.165, 1.54) is 0 Å². The smallest absolute Gasteiger partial charge is 0.410 e. The molecule has 0 aliphatic heterocycles. The predicted octanol–water partition coefficient (Wildman–Crippen LogP) is 3.77. The SMILES string of the molecule is C=CCCN(CCC(=C)C)C(=O)OC(C)(C)C. The standard InChI is InChI=1S/C14H25NO2/c1-7-8-10-15(11-9-12(2)3)13(16)17-14(4,5)6/h7H,1-2,8-11H2,3-6H3. The van der Waals surface area contributed by atoms with Crippen molar-refractivity contribution in [2.45, 2.75) is 46.1 Å². The minimum absolute atomic E-state index is 0.263. The molecule has 0 fully saturated rings. The molecule has 0 rings (SSSR count). The van der Waals surface area contributed by atoms with Gasteiger partial charge in [0.2, 0.25) is 0 Å². The van der Waals surface area contributed by atoms with Crippen LogP contribution in [0.25, 0.3) is 0 Å². The molecule has 0 aromatic heterocycles. The van der Waals surface area contributed by atoms with Crippen molar-refractivity contribution in [3.63, 3.8) is 0 Å². The lowest BCUT2D eigenvalue weighted by atomic mass is 10.2. The molecule has 0 saturated heterocycles. The van der Waals surface area contributed by atoms with Crippen LogP contribution in [-0.2, 0) is 4.74 Å². The van der Waals surface area contributed by atoms with Crippen LogP contribution in [0, 0.1) is 0 Å². The van der Waals surface area contributed by atoms with E-state index < -0.39 is 5.60 Å². The monoisotopic (exact) mass is 239 g/mol. The van der Waals surface area contributed by atoms with Crippen LogP contribution < -0.4 is 0 Å². The Morgan fingerprint density at radius 1 is 1.35 bits per heavy atom. The quantitative estimate of drug-likeness (QED) is 0.660. The zero-order valence-corrected chi connectivity index (χ0v) is 11.6. The van der Waals surface area contributed by atoms with E-state index >= 15 is 0 Å². The van der Waals surface area contributed by atoms with Gasteiger partial charge in [-0.3, -0.25) is 0 Å². The number of nitrogens with zero attached hydrogens (tertiary/aromatic N) is 1. The van der Waals surface area contributed by atoms with Crippen molar-refractivity contribution in [1.82, 2.24) is 4.90 Å². The van der Waals surface area contributed by atoms with Gasteiger partial charge in [0, 0.05) is 13.1 Å². The highest BCUT2D eigenvalue weighted by Crippen LogP contribution is 2.11. The molecule has 0 aliphatic rings. The summed E-state index contributed by atoms with van der Waals surface area (Å²) in [6, 6.07) is 0. The van der Waals surface area contributed by atoms with Gasteiger partial charge in [0.05, 0.1) is 0 Å². The fourth-order valence-electron chi connectivity index (χ4n) is 1.19. The van der Waals surface area contributed by atoms with Gasteiger partial charge in [0.25, 0.3) is 0 Å². The Balaban J connectivity index is 4.38. The number of amides is 1. The van der Waals surface area contributed by atoms with Gasteiger partial charge in [-0.25, -0.2) is 4.79 Å². The third kappa shape index (κ3) is 8.55. The van der Waals surface area contributed by atoms with E-state index in [-0.39, 0.29) is 6.09 Å². The fraction of sp³-hybridized carbons (Fsp3) is 0.643. The molecule has 0 bridgehead atoms. The summed E-state index contributed by atoms with van der Waals surface area (Å²) in [6.07, 6.45) is 3.12. The van der Waals surface area contributed by atoms with Crippen LogP contribution in [0.15, 0.2) is 24.8 Å². The maximum Gasteiger partial charge on any atom is 0.410 e. The van der Waals surface area contributed by atoms with Crippen molar-refractivity contribution < 1.29 is 9.53 Å². The van der Waals surface area contributed by atoms with Crippen molar-refractivity contribution in [2.24, 2.45) is 0 Å². The first kappa shape index (κ1) is 15.8. The molecule has 0 saturated carbocycles. The molecule has 3 nitrogen and oxygen atoms in total. The van der Waals surface area contributed by atoms with E-state index in [1.807, 2.05) is 27.7 Å². The van der Waals surface area contributed by atoms with E-state index in [0.717, 1.165) is 18.4 Å². The Morgan fingerprint density at radius 2 is 1.94 bits per heavy atom. The maximum atomic E-state index is 11.9. The zero-order chi connectivity index (χ0) is 13.5. The van der Waals surface area contributed by atoms with E-state index in [0.29, 0.717) is 13.1 Å². The van der Waals surface area contributed by atoms with Crippen LogP contribution in [0.4, 0.5) is 4.79 Å². The molecule has 0 N–H and O–H groups in total. The second-order valence-electron chi connectivity index (χ2n) is 5.25. The van der Waals surface area contributed by atoms with Crippen LogP contribution in [0.2, 0.25) is 0 Å². The second-order valence-corrected chi connectivity index (χ2v) is 5.25. The molecular weight excluding hydrogens is 214 g/mol. The van der Waals surface area contributed by atoms with E-state index in [2.05, 4.69) is 13.2 Å². The highest BCUT2D eigenvalue weighted by molar-refractivity contribution is 5.68. The summed E-state index contributed by atoms with van der Waals surface area (Å²) in [5, 5.41) is 0. The molecular formula is C14H25NO2. The molecule has 0 atom stereocenters. The van der Waals surface area contributed by atoms with Gasteiger partial charge in [-0.2, -0.15) is 0 Å². The largest absolute Gasteiger partial charge is 0.444 e. The molecule has 3 heteroatoms. The normalized spacial score (nSPS) is 10.8. The van der Waals surface area contributed by atoms with E-state index in [9.17, 15) is 4.79 Å². The highest BCUT2D eigenvalue weighted by Gasteiger charge is 2.21. The Labute approximate surface area is 105 Å². The van der Waals surface area contributed by atoms with Gasteiger partial charge in [-0.15, -0.1) is 13.2 Å². The van der Waals surface area contributed by atoms with Crippen molar-refractivity contribution in [3.05, 3.63) is 24.8 Å². The van der Waals surface area contributed by atoms with Gasteiger partial charge in [0.1, 0.15) is 5.60 Å². The second kappa shape index (κ2) is 7.15. The third-order valence-electron chi connectivity index (χ3n) is 2.06. The van der Waals surface area contributed by atoms with Gasteiger partial charge < -0.3 is 9.64 Å². The Hall–Kier alpha value is -1.25. The average Bonchev–Trinajstić information content (AvgIpc) is 2.14. The molecule has 0 aromatic carbocycles. The third-order valence-corrected chi connectivity index (χ3v) is 2.06. The topological polar surface area (TPSA) is 29.5 Å². The van der Waals surface area contributed by atoms with Gasteiger partial charge in [-0.1, -0.05) is 11.6 Å². The summed E-state index contributed by atoms with van der Waals surface area (Å²) in [5.74, 6) is 0. The lowest BCUT2D eigenvalue weighted by molar-refractivity contribution is 0.0255. The number of carbonyl (C=O) groups is 1. The maximum absolute atomic E-state index is 11.9. The molecule has 0 heterocycles. The van der Waals surface area contributed by atoms with Crippen molar-refractivity contribution in [3.8, 4) is 0 Å². The van der Waals surface area contributed by atoms with Crippen molar-refractivity contribution >= 4 is 6.09 Å². The summed E-state index contributed by atoms with van der Waals surface area (Å²) in [7, 11) is 0. The first-order valence-electron chi connectivity index (χ1n) is 5.99. The summed E-state index contributed by atoms with van der Waals surface area (Å²) >= 11 is 0. The Kier molecular flexibility index (Phi) is 6.62. The first-order chi connectivity index (χ1) is 7.76. The van der Waals surface area contributed by atoms with Gasteiger partial charge in [0.15, 0.2) is 0 Å². The molecule has 0 spiro atoms. The van der Waals surface area contributed by atoms with E-state index in [1.54, 1.807) is 11.0 Å². The number of rotatable bonds is 6. The first-order valence-corrected chi connectivity index (χ1v) is 5.99. The number of hydrogen-bond donors (Lipinski definition) is 0. The summed E-state index contributed by atoms with van der Waals surface area (Å²) in [4.78, 5) is 13.6. The molecule has 0 radical (unpaired) electrons. The minimum Gasteiger partial charge on any atom is -0.444 e. The summed E-state index contributed by atoms with van der Waals surface area (Å²) in [5.41, 5.74) is 0.615. The zero-order valence-electron chi connectivity index (χ0n) is 11.6. The Bertz CT molecular complexity index is 276. The number of hydrogen-bond acceptors (Lipinski definition) is 2. The van der Waals surface area contributed by atoms with Crippen LogP contribution >= 0.6 is 0 Å². The lowest BCUT2D eigenvalue weighted by Gasteiger charge is -2.27. The molecule has 1 amide bonds. The van der Waals surface area contributed by atoms with Crippen molar-refractivity contribution in [2.75, 3.05) is 13.1 Å². The van der Waals surface area contributed by atoms with E-state index in [4.69, 9.17) is 4.74 Å². The van der Waals surface area contributed by atoms with Crippen LogP contribution in [0.5, 0.6) is 0 Å². The molecule has 17 heavy (non-hydrogen) atoms. The number of carbonyl (C=O) groups excluding carboxylic acids is 1. The molecule has 0 aromatic rings. The van der Waals surface area contributed by atoms with Crippen LogP contribution in [0.3, 0.4) is 0 Å². The summed E-state index contributed by atoms with van der Waals surface area (Å²) in [6.45, 7) is 16.4. The van der Waals surface area contributed by atoms with Gasteiger partial charge in [-0.05, 0) is 40.5 Å². The summed E-state index contributed by atoms with van der Waals surface area (Å²) < 4.78 is 5.35. The van der Waals surface area contributed by atoms with Crippen LogP contribution in [-0.4, -0.2) is 29.7 Å². The fourth-order valence-corrected chi connectivity index (χ4v) is 1.19. The molecule has 98 valence electrons. The molecule has 0 aliphatic carbocycles. The van der Waals surface area contributed by atoms with Crippen molar-refractivity contribution in [1.29, 1.82) is 0 Å². The Morgan fingerprint density at radius 3 is 2.35 bits per heavy atom. The molecule has 0 unspecified atom stereocenters. The number of ether oxygens (including phenoxy) is 1. The predicted molar refractivity (Wildman–Crippen MR) is 72.1 cm³/mol. The lowest BCUT2D eigenvalue weighted by Crippen LogP contribution is -2.38. The highest BCUT2D eigenvalue weighted by atomic mass is 16.6. The minimum atomic E-state index is -0.452. The van der Waals surface area contributed by atoms with Gasteiger partial charge >= 0.3 is 6.09 Å². The van der Waals surface area contributed by atoms with Crippen LogP contribution in [0.1, 0.15) is 40.5 Å². The average molecular weight is 239 g/mol.